The van der Waals surface area contributed by atoms with Gasteiger partial charge in [0, 0.05) is 13.1 Å². The van der Waals surface area contributed by atoms with Crippen molar-refractivity contribution in [3.8, 4) is 0 Å². The lowest BCUT2D eigenvalue weighted by Gasteiger charge is -2.14. The number of nitrogens with zero attached hydrogens (tertiary/aromatic N) is 1. The van der Waals surface area contributed by atoms with Gasteiger partial charge in [-0.25, -0.2) is 0 Å². The van der Waals surface area contributed by atoms with Crippen molar-refractivity contribution in [2.45, 2.75) is 0 Å². The molecule has 1 heterocycles. The van der Waals surface area contributed by atoms with Crippen LogP contribution in [0.4, 0.5) is 0 Å². The summed E-state index contributed by atoms with van der Waals surface area (Å²) in [4.78, 5) is 49.3. The molecule has 4 amide bonds. The molecule has 2 aromatic rings. The molecule has 2 aromatic carbocycles. The molecule has 0 saturated carbocycles. The van der Waals surface area contributed by atoms with Crippen LogP contribution in [0.2, 0.25) is 5.02 Å². The molecule has 0 atom stereocenters. The number of halogens is 1. The first-order valence-corrected chi connectivity index (χ1v) is 8.61. The Hall–Kier alpha value is -3.19. The van der Waals surface area contributed by atoms with Gasteiger partial charge in [0.15, 0.2) is 0 Å². The van der Waals surface area contributed by atoms with Gasteiger partial charge in [-0.15, -0.1) is 0 Å². The van der Waals surface area contributed by atoms with Gasteiger partial charge in [0.25, 0.3) is 17.7 Å². The zero-order valence-corrected chi connectivity index (χ0v) is 15.0. The lowest BCUT2D eigenvalue weighted by molar-refractivity contribution is -0.121. The Morgan fingerprint density at radius 2 is 1.41 bits per heavy atom. The van der Waals surface area contributed by atoms with Crippen LogP contribution in [-0.4, -0.2) is 48.2 Å². The van der Waals surface area contributed by atoms with Gasteiger partial charge < -0.3 is 10.6 Å². The van der Waals surface area contributed by atoms with Crippen molar-refractivity contribution >= 4 is 35.2 Å². The summed E-state index contributed by atoms with van der Waals surface area (Å²) >= 11 is 5.94. The van der Waals surface area contributed by atoms with Crippen molar-refractivity contribution in [1.29, 1.82) is 0 Å². The van der Waals surface area contributed by atoms with E-state index in [-0.39, 0.29) is 25.5 Å². The molecule has 8 heteroatoms. The lowest BCUT2D eigenvalue weighted by Crippen LogP contribution is -2.42. The van der Waals surface area contributed by atoms with Crippen LogP contribution in [0.25, 0.3) is 0 Å². The van der Waals surface area contributed by atoms with E-state index in [2.05, 4.69) is 10.6 Å². The number of hydrogen-bond acceptors (Lipinski definition) is 4. The maximum absolute atomic E-state index is 12.2. The first-order chi connectivity index (χ1) is 13.0. The van der Waals surface area contributed by atoms with Crippen LogP contribution in [0, 0.1) is 0 Å². The molecule has 138 valence electrons. The summed E-state index contributed by atoms with van der Waals surface area (Å²) in [6.45, 7) is -0.0408. The molecule has 7 nitrogen and oxygen atoms in total. The molecule has 1 aliphatic rings. The van der Waals surface area contributed by atoms with Crippen LogP contribution in [0.3, 0.4) is 0 Å². The van der Waals surface area contributed by atoms with E-state index in [1.54, 1.807) is 48.5 Å². The van der Waals surface area contributed by atoms with Crippen molar-refractivity contribution in [3.05, 3.63) is 70.2 Å². The lowest BCUT2D eigenvalue weighted by atomic mass is 10.1. The average Bonchev–Trinajstić information content (AvgIpc) is 2.91. The highest BCUT2D eigenvalue weighted by atomic mass is 35.5. The van der Waals surface area contributed by atoms with E-state index in [4.69, 9.17) is 11.6 Å². The summed E-state index contributed by atoms with van der Waals surface area (Å²) in [5, 5.41) is 5.54. The van der Waals surface area contributed by atoms with Crippen molar-refractivity contribution in [2.24, 2.45) is 0 Å². The van der Waals surface area contributed by atoms with E-state index in [1.807, 2.05) is 0 Å². The van der Waals surface area contributed by atoms with Crippen molar-refractivity contribution < 1.29 is 19.2 Å². The topological polar surface area (TPSA) is 95.6 Å². The van der Waals surface area contributed by atoms with E-state index in [1.165, 1.54) is 0 Å². The summed E-state index contributed by atoms with van der Waals surface area (Å²) in [5.41, 5.74) is 0.932. The van der Waals surface area contributed by atoms with Crippen molar-refractivity contribution in [3.63, 3.8) is 0 Å². The van der Waals surface area contributed by atoms with Gasteiger partial charge in [-0.3, -0.25) is 24.1 Å². The molecule has 0 radical (unpaired) electrons. The van der Waals surface area contributed by atoms with Crippen LogP contribution >= 0.6 is 11.6 Å². The fourth-order valence-corrected chi connectivity index (χ4v) is 2.92. The Morgan fingerprint density at radius 1 is 0.852 bits per heavy atom. The Kier molecular flexibility index (Phi) is 5.52. The van der Waals surface area contributed by atoms with E-state index in [0.29, 0.717) is 21.7 Å². The highest BCUT2D eigenvalue weighted by Crippen LogP contribution is 2.21. The minimum Gasteiger partial charge on any atom is -0.353 e. The fourth-order valence-electron chi connectivity index (χ4n) is 2.70. The Bertz CT molecular complexity index is 894. The van der Waals surface area contributed by atoms with Crippen LogP contribution in [0.15, 0.2) is 48.5 Å². The SMILES string of the molecule is O=C(CN1C(=O)c2ccccc2C1=O)NCCNC(=O)c1ccccc1Cl. The predicted molar refractivity (Wildman–Crippen MR) is 98.6 cm³/mol. The molecule has 0 saturated heterocycles. The molecular weight excluding hydrogens is 370 g/mol. The zero-order valence-electron chi connectivity index (χ0n) is 14.2. The second-order valence-electron chi connectivity index (χ2n) is 5.83. The molecular formula is C19H16ClN3O4. The van der Waals surface area contributed by atoms with E-state index in [0.717, 1.165) is 4.90 Å². The normalized spacial score (nSPS) is 12.7. The average molecular weight is 386 g/mol. The van der Waals surface area contributed by atoms with Crippen LogP contribution in [-0.2, 0) is 4.79 Å². The van der Waals surface area contributed by atoms with Gasteiger partial charge in [0.1, 0.15) is 6.54 Å². The first-order valence-electron chi connectivity index (χ1n) is 8.23. The molecule has 0 spiro atoms. The quantitative estimate of drug-likeness (QED) is 0.581. The number of fused-ring (bicyclic) bond motifs is 1. The molecule has 27 heavy (non-hydrogen) atoms. The molecule has 0 aromatic heterocycles. The number of hydrogen-bond donors (Lipinski definition) is 2. The van der Waals surface area contributed by atoms with Crippen LogP contribution < -0.4 is 10.6 Å². The molecule has 0 fully saturated rings. The number of imide groups is 1. The molecule has 3 rings (SSSR count). The zero-order chi connectivity index (χ0) is 19.4. The third-order valence-electron chi connectivity index (χ3n) is 4.03. The Morgan fingerprint density at radius 3 is 2.04 bits per heavy atom. The molecule has 1 aliphatic heterocycles. The monoisotopic (exact) mass is 385 g/mol. The second kappa shape index (κ2) is 8.01. The number of nitrogens with one attached hydrogen (secondary N) is 2. The summed E-state index contributed by atoms with van der Waals surface area (Å²) in [6.07, 6.45) is 0. The minimum atomic E-state index is -0.489. The van der Waals surface area contributed by atoms with E-state index < -0.39 is 17.7 Å². The molecule has 0 bridgehead atoms. The summed E-state index contributed by atoms with van der Waals surface area (Å²) in [7, 11) is 0. The highest BCUT2D eigenvalue weighted by molar-refractivity contribution is 6.33. The maximum atomic E-state index is 12.2. The Labute approximate surface area is 160 Å². The fraction of sp³-hybridized carbons (Fsp3) is 0.158. The van der Waals surface area contributed by atoms with Crippen molar-refractivity contribution in [2.75, 3.05) is 19.6 Å². The van der Waals surface area contributed by atoms with Gasteiger partial charge in [-0.1, -0.05) is 35.9 Å². The summed E-state index contributed by atoms with van der Waals surface area (Å²) in [6, 6.07) is 13.1. The minimum absolute atomic E-state index is 0.151. The van der Waals surface area contributed by atoms with Gasteiger partial charge in [-0.05, 0) is 24.3 Å². The van der Waals surface area contributed by atoms with Gasteiger partial charge in [0.2, 0.25) is 5.91 Å². The third kappa shape index (κ3) is 3.98. The molecule has 2 N–H and O–H groups in total. The number of amides is 4. The van der Waals surface area contributed by atoms with Crippen molar-refractivity contribution in [1.82, 2.24) is 15.5 Å². The largest absolute Gasteiger partial charge is 0.353 e. The number of rotatable bonds is 6. The van der Waals surface area contributed by atoms with Gasteiger partial charge >= 0.3 is 0 Å². The van der Waals surface area contributed by atoms with Crippen LogP contribution in [0.5, 0.6) is 0 Å². The van der Waals surface area contributed by atoms with Crippen LogP contribution in [0.1, 0.15) is 31.1 Å². The number of benzene rings is 2. The third-order valence-corrected chi connectivity index (χ3v) is 4.36. The van der Waals surface area contributed by atoms with Gasteiger partial charge in [-0.2, -0.15) is 0 Å². The summed E-state index contributed by atoms with van der Waals surface area (Å²) < 4.78 is 0. The number of carbonyl (C=O) groups excluding carboxylic acids is 4. The number of carbonyl (C=O) groups is 4. The maximum Gasteiger partial charge on any atom is 0.262 e. The molecule has 0 unspecified atom stereocenters. The second-order valence-corrected chi connectivity index (χ2v) is 6.23. The first kappa shape index (κ1) is 18.6. The van der Waals surface area contributed by atoms with Gasteiger partial charge in [0.05, 0.1) is 21.7 Å². The predicted octanol–water partition coefficient (Wildman–Crippen LogP) is 1.48. The van der Waals surface area contributed by atoms with E-state index in [9.17, 15) is 19.2 Å². The van der Waals surface area contributed by atoms with E-state index >= 15 is 0 Å². The summed E-state index contributed by atoms with van der Waals surface area (Å²) in [5.74, 6) is -1.82. The standard InChI is InChI=1S/C19H16ClN3O4/c20-15-8-4-3-7-14(15)17(25)22-10-9-21-16(24)11-23-18(26)12-5-1-2-6-13(12)19(23)27/h1-8H,9-11H2,(H,21,24)(H,22,25). The smallest absolute Gasteiger partial charge is 0.262 e. The highest BCUT2D eigenvalue weighted by Gasteiger charge is 2.36. The molecule has 0 aliphatic carbocycles. The Balaban J connectivity index is 1.46.